The first kappa shape index (κ1) is 16.6. The number of imidazole rings is 1. The molecule has 128 valence electrons. The second kappa shape index (κ2) is 7.57. The van der Waals surface area contributed by atoms with Gasteiger partial charge in [-0.25, -0.2) is 4.98 Å². The number of H-pyrrole nitrogens is 1. The molecule has 6 heteroatoms. The Kier molecular flexibility index (Phi) is 5.25. The molecule has 1 amide bonds. The van der Waals surface area contributed by atoms with Gasteiger partial charge in [-0.15, -0.1) is 0 Å². The molecule has 1 atom stereocenters. The Labute approximate surface area is 142 Å². The second-order valence-corrected chi connectivity index (χ2v) is 6.35. The molecule has 0 aliphatic carbocycles. The van der Waals surface area contributed by atoms with E-state index in [-0.39, 0.29) is 5.91 Å². The summed E-state index contributed by atoms with van der Waals surface area (Å²) in [4.78, 5) is 26.8. The van der Waals surface area contributed by atoms with Crippen LogP contribution in [0.4, 0.5) is 0 Å². The fourth-order valence-electron chi connectivity index (χ4n) is 3.72. The molecule has 2 N–H and O–H groups in total. The zero-order valence-corrected chi connectivity index (χ0v) is 14.2. The molecule has 1 aliphatic rings. The van der Waals surface area contributed by atoms with Crippen LogP contribution >= 0.6 is 0 Å². The van der Waals surface area contributed by atoms with Crippen LogP contribution < -0.4 is 5.32 Å². The average Bonchev–Trinajstić information content (AvgIpc) is 3.26. The molecule has 0 unspecified atom stereocenters. The van der Waals surface area contributed by atoms with E-state index in [1.807, 2.05) is 30.6 Å². The number of likely N-dealkylation sites (N-methyl/N-ethyl adjacent to an activating group) is 1. The van der Waals surface area contributed by atoms with Crippen LogP contribution in [0.15, 0.2) is 36.8 Å². The molecule has 1 fully saturated rings. The van der Waals surface area contributed by atoms with E-state index in [2.05, 4.69) is 25.2 Å². The van der Waals surface area contributed by atoms with Gasteiger partial charge >= 0.3 is 0 Å². The number of aromatic nitrogens is 3. The predicted molar refractivity (Wildman–Crippen MR) is 92.2 cm³/mol. The first-order valence-electron chi connectivity index (χ1n) is 8.60. The van der Waals surface area contributed by atoms with Crippen molar-refractivity contribution in [2.75, 3.05) is 13.6 Å². The molecule has 6 nitrogen and oxygen atoms in total. The van der Waals surface area contributed by atoms with E-state index in [1.165, 1.54) is 0 Å². The van der Waals surface area contributed by atoms with Crippen molar-refractivity contribution in [3.05, 3.63) is 48.3 Å². The Morgan fingerprint density at radius 2 is 2.29 bits per heavy atom. The van der Waals surface area contributed by atoms with E-state index in [9.17, 15) is 4.79 Å². The summed E-state index contributed by atoms with van der Waals surface area (Å²) in [6.45, 7) is 1.61. The summed E-state index contributed by atoms with van der Waals surface area (Å²) in [6, 6.07) is 5.98. The molecular weight excluding hydrogens is 302 g/mol. The van der Waals surface area contributed by atoms with Gasteiger partial charge in [0.2, 0.25) is 5.91 Å². The van der Waals surface area contributed by atoms with Crippen molar-refractivity contribution in [2.24, 2.45) is 0 Å². The standard InChI is InChI=1S/C18H25N5O/c1-19-17(24)18(8-4-7-15-6-2-3-10-20-15)9-5-13-23(18)14-16-21-11-12-22-16/h2-3,6,10-12H,4-5,7-9,13-14H2,1H3,(H,19,24)(H,21,22)/t18-/m1/s1. The lowest BCUT2D eigenvalue weighted by Crippen LogP contribution is -2.54. The number of aryl methyl sites for hydroxylation is 1. The highest BCUT2D eigenvalue weighted by Gasteiger charge is 2.46. The fraction of sp³-hybridized carbons (Fsp3) is 0.500. The van der Waals surface area contributed by atoms with Gasteiger partial charge in [-0.1, -0.05) is 6.07 Å². The molecule has 1 aliphatic heterocycles. The number of amides is 1. The van der Waals surface area contributed by atoms with Crippen LogP contribution in [-0.2, 0) is 17.8 Å². The van der Waals surface area contributed by atoms with Gasteiger partial charge in [0.15, 0.2) is 0 Å². The average molecular weight is 327 g/mol. The predicted octanol–water partition coefficient (Wildman–Crippen LogP) is 1.91. The normalized spacial score (nSPS) is 21.0. The molecule has 0 spiro atoms. The lowest BCUT2D eigenvalue weighted by Gasteiger charge is -2.36. The van der Waals surface area contributed by atoms with E-state index in [4.69, 9.17) is 0 Å². The van der Waals surface area contributed by atoms with Gasteiger partial charge in [0, 0.05) is 31.3 Å². The largest absolute Gasteiger partial charge is 0.358 e. The summed E-state index contributed by atoms with van der Waals surface area (Å²) < 4.78 is 0. The van der Waals surface area contributed by atoms with E-state index in [0.717, 1.165) is 50.2 Å². The van der Waals surface area contributed by atoms with Crippen molar-refractivity contribution in [3.63, 3.8) is 0 Å². The number of nitrogens with zero attached hydrogens (tertiary/aromatic N) is 3. The fourth-order valence-corrected chi connectivity index (χ4v) is 3.72. The van der Waals surface area contributed by atoms with Crippen molar-refractivity contribution < 1.29 is 4.79 Å². The number of aromatic amines is 1. The van der Waals surface area contributed by atoms with Crippen molar-refractivity contribution in [3.8, 4) is 0 Å². The van der Waals surface area contributed by atoms with Gasteiger partial charge < -0.3 is 10.3 Å². The van der Waals surface area contributed by atoms with Gasteiger partial charge in [0.25, 0.3) is 0 Å². The lowest BCUT2D eigenvalue weighted by molar-refractivity contribution is -0.132. The maximum Gasteiger partial charge on any atom is 0.240 e. The van der Waals surface area contributed by atoms with Gasteiger partial charge in [0.05, 0.1) is 6.54 Å². The van der Waals surface area contributed by atoms with Crippen LogP contribution in [0.1, 0.15) is 37.2 Å². The highest BCUT2D eigenvalue weighted by Crippen LogP contribution is 2.35. The number of hydrogen-bond donors (Lipinski definition) is 2. The van der Waals surface area contributed by atoms with E-state index in [1.54, 1.807) is 13.2 Å². The first-order chi connectivity index (χ1) is 11.7. The summed E-state index contributed by atoms with van der Waals surface area (Å²) in [5.74, 6) is 1.03. The number of carbonyl (C=O) groups excluding carboxylic acids is 1. The minimum atomic E-state index is -0.434. The van der Waals surface area contributed by atoms with Crippen LogP contribution in [0, 0.1) is 0 Å². The maximum atomic E-state index is 12.7. The Morgan fingerprint density at radius 1 is 1.38 bits per heavy atom. The van der Waals surface area contributed by atoms with Crippen LogP contribution in [0.3, 0.4) is 0 Å². The summed E-state index contributed by atoms with van der Waals surface area (Å²) in [7, 11) is 1.73. The molecule has 3 rings (SSSR count). The lowest BCUT2D eigenvalue weighted by atomic mass is 9.88. The number of nitrogens with one attached hydrogen (secondary N) is 2. The third-order valence-electron chi connectivity index (χ3n) is 4.92. The van der Waals surface area contributed by atoms with E-state index >= 15 is 0 Å². The molecular formula is C18H25N5O. The van der Waals surface area contributed by atoms with Gasteiger partial charge in [-0.05, 0) is 50.8 Å². The van der Waals surface area contributed by atoms with Gasteiger partial charge in [0.1, 0.15) is 11.4 Å². The van der Waals surface area contributed by atoms with Gasteiger partial charge in [-0.2, -0.15) is 0 Å². The highest BCUT2D eigenvalue weighted by atomic mass is 16.2. The molecule has 0 saturated carbocycles. The number of pyridine rings is 1. The van der Waals surface area contributed by atoms with Crippen LogP contribution in [0.5, 0.6) is 0 Å². The third-order valence-corrected chi connectivity index (χ3v) is 4.92. The topological polar surface area (TPSA) is 73.9 Å². The SMILES string of the molecule is CNC(=O)[C@@]1(CCCc2ccccn2)CCCN1Cc1ncc[nH]1. The number of carbonyl (C=O) groups is 1. The van der Waals surface area contributed by atoms with Crippen molar-refractivity contribution in [1.29, 1.82) is 0 Å². The van der Waals surface area contributed by atoms with Crippen LogP contribution in [0.25, 0.3) is 0 Å². The smallest absolute Gasteiger partial charge is 0.240 e. The van der Waals surface area contributed by atoms with E-state index < -0.39 is 5.54 Å². The zero-order chi connectivity index (χ0) is 16.8. The molecule has 0 aromatic carbocycles. The van der Waals surface area contributed by atoms with Crippen LogP contribution in [0.2, 0.25) is 0 Å². The summed E-state index contributed by atoms with van der Waals surface area (Å²) in [6.07, 6.45) is 10.0. The third kappa shape index (κ3) is 3.48. The molecule has 24 heavy (non-hydrogen) atoms. The number of likely N-dealkylation sites (tertiary alicyclic amines) is 1. The van der Waals surface area contributed by atoms with Crippen molar-refractivity contribution in [2.45, 2.75) is 44.2 Å². The quantitative estimate of drug-likeness (QED) is 0.815. The van der Waals surface area contributed by atoms with Crippen molar-refractivity contribution in [1.82, 2.24) is 25.2 Å². The number of hydrogen-bond acceptors (Lipinski definition) is 4. The summed E-state index contributed by atoms with van der Waals surface area (Å²) in [5, 5.41) is 2.88. The summed E-state index contributed by atoms with van der Waals surface area (Å²) in [5.41, 5.74) is 0.649. The molecule has 2 aromatic heterocycles. The minimum Gasteiger partial charge on any atom is -0.358 e. The second-order valence-electron chi connectivity index (χ2n) is 6.35. The minimum absolute atomic E-state index is 0.118. The molecule has 0 bridgehead atoms. The Bertz CT molecular complexity index is 643. The van der Waals surface area contributed by atoms with Crippen molar-refractivity contribution >= 4 is 5.91 Å². The monoisotopic (exact) mass is 327 g/mol. The molecule has 0 radical (unpaired) electrons. The van der Waals surface area contributed by atoms with E-state index in [0.29, 0.717) is 6.54 Å². The van der Waals surface area contributed by atoms with Gasteiger partial charge in [-0.3, -0.25) is 14.7 Å². The van der Waals surface area contributed by atoms with Crippen LogP contribution in [-0.4, -0.2) is 44.9 Å². The zero-order valence-electron chi connectivity index (χ0n) is 14.2. The number of rotatable bonds is 7. The Balaban J connectivity index is 1.70. The first-order valence-corrected chi connectivity index (χ1v) is 8.60. The molecule has 2 aromatic rings. The summed E-state index contributed by atoms with van der Waals surface area (Å²) >= 11 is 0. The highest BCUT2D eigenvalue weighted by molar-refractivity contribution is 5.86. The molecule has 1 saturated heterocycles. The molecule has 3 heterocycles. The Morgan fingerprint density at radius 3 is 3.00 bits per heavy atom. The Hall–Kier alpha value is -2.21. The maximum absolute atomic E-state index is 12.7.